The van der Waals surface area contributed by atoms with Gasteiger partial charge in [0, 0.05) is 12.2 Å². The fraction of sp³-hybridized carbons (Fsp3) is 0.250. The van der Waals surface area contributed by atoms with E-state index in [4.69, 9.17) is 9.84 Å². The van der Waals surface area contributed by atoms with Gasteiger partial charge >= 0.3 is 11.7 Å². The summed E-state index contributed by atoms with van der Waals surface area (Å²) in [4.78, 5) is 35.7. The number of nitrogens with one attached hydrogen (secondary N) is 1. The number of rotatable bonds is 7. The van der Waals surface area contributed by atoms with E-state index in [1.54, 1.807) is 29.7 Å². The first-order chi connectivity index (χ1) is 13.4. The van der Waals surface area contributed by atoms with Crippen molar-refractivity contribution in [1.29, 1.82) is 0 Å². The average Bonchev–Trinajstić information content (AvgIpc) is 2.93. The lowest BCUT2D eigenvalue weighted by Gasteiger charge is -2.11. The molecule has 0 fully saturated rings. The molecule has 3 aromatic rings. The van der Waals surface area contributed by atoms with Crippen molar-refractivity contribution in [3.63, 3.8) is 0 Å². The van der Waals surface area contributed by atoms with Crippen molar-refractivity contribution >= 4 is 28.6 Å². The number of carboxylic acids is 1. The molecule has 0 saturated heterocycles. The quantitative estimate of drug-likeness (QED) is 0.651. The number of fused-ring (bicyclic) bond motifs is 1. The molecule has 1 amide bonds. The van der Waals surface area contributed by atoms with E-state index in [9.17, 15) is 14.4 Å². The molecule has 0 spiro atoms. The Hall–Kier alpha value is -3.55. The summed E-state index contributed by atoms with van der Waals surface area (Å²) in [5.74, 6) is -0.990. The molecule has 0 radical (unpaired) electrons. The van der Waals surface area contributed by atoms with Crippen LogP contribution in [0.1, 0.15) is 12.5 Å². The molecule has 0 aliphatic heterocycles. The third-order valence-electron chi connectivity index (χ3n) is 4.38. The Morgan fingerprint density at radius 3 is 2.39 bits per heavy atom. The molecule has 0 aliphatic carbocycles. The first-order valence-corrected chi connectivity index (χ1v) is 8.84. The highest BCUT2D eigenvalue weighted by atomic mass is 16.5. The van der Waals surface area contributed by atoms with Crippen LogP contribution in [0.15, 0.2) is 47.3 Å². The van der Waals surface area contributed by atoms with Crippen molar-refractivity contribution < 1.29 is 19.4 Å². The number of aromatic nitrogens is 2. The number of imidazole rings is 1. The lowest BCUT2D eigenvalue weighted by atomic mass is 10.2. The summed E-state index contributed by atoms with van der Waals surface area (Å²) in [6.45, 7) is 3.64. The average molecular weight is 383 g/mol. The van der Waals surface area contributed by atoms with Crippen molar-refractivity contribution in [3.8, 4) is 5.75 Å². The third-order valence-corrected chi connectivity index (χ3v) is 4.38. The molecule has 1 aromatic heterocycles. The van der Waals surface area contributed by atoms with E-state index in [1.165, 1.54) is 4.57 Å². The second kappa shape index (κ2) is 7.99. The maximum Gasteiger partial charge on any atom is 0.341 e. The third kappa shape index (κ3) is 3.90. The standard InChI is InChI=1S/C20H21N3O5/c1-3-22-16-6-4-5-7-17(16)23(20(22)27)11-18(24)21-15-9-8-14(10-13(15)2)28-12-19(25)26/h4-10H,3,11-12H2,1-2H3,(H,21,24)(H,25,26). The highest BCUT2D eigenvalue weighted by Crippen LogP contribution is 2.21. The van der Waals surface area contributed by atoms with Gasteiger partial charge in [0.2, 0.25) is 5.91 Å². The Labute approximate surface area is 161 Å². The van der Waals surface area contributed by atoms with Gasteiger partial charge < -0.3 is 15.2 Å². The van der Waals surface area contributed by atoms with Crippen molar-refractivity contribution in [1.82, 2.24) is 9.13 Å². The number of hydrogen-bond acceptors (Lipinski definition) is 4. The number of anilines is 1. The second-order valence-corrected chi connectivity index (χ2v) is 6.31. The number of carboxylic acid groups (broad SMARTS) is 1. The summed E-state index contributed by atoms with van der Waals surface area (Å²) in [7, 11) is 0. The van der Waals surface area contributed by atoms with Crippen LogP contribution in [-0.2, 0) is 22.7 Å². The van der Waals surface area contributed by atoms with Crippen molar-refractivity contribution in [2.75, 3.05) is 11.9 Å². The van der Waals surface area contributed by atoms with Crippen LogP contribution in [0.5, 0.6) is 5.75 Å². The molecule has 146 valence electrons. The van der Waals surface area contributed by atoms with E-state index in [0.29, 0.717) is 23.5 Å². The first kappa shape index (κ1) is 19.2. The van der Waals surface area contributed by atoms with Gasteiger partial charge in [0.1, 0.15) is 12.3 Å². The zero-order valence-corrected chi connectivity index (χ0v) is 15.6. The number of nitrogens with zero attached hydrogens (tertiary/aromatic N) is 2. The molecule has 28 heavy (non-hydrogen) atoms. The zero-order chi connectivity index (χ0) is 20.3. The van der Waals surface area contributed by atoms with E-state index >= 15 is 0 Å². The van der Waals surface area contributed by atoms with Crippen LogP contribution in [0.25, 0.3) is 11.0 Å². The molecule has 2 aromatic carbocycles. The predicted octanol–water partition coefficient (Wildman–Crippen LogP) is 2.23. The Morgan fingerprint density at radius 2 is 1.79 bits per heavy atom. The van der Waals surface area contributed by atoms with Crippen LogP contribution < -0.4 is 15.7 Å². The molecule has 0 saturated carbocycles. The highest BCUT2D eigenvalue weighted by molar-refractivity contribution is 5.92. The van der Waals surface area contributed by atoms with Crippen molar-refractivity contribution in [2.24, 2.45) is 0 Å². The Bertz CT molecular complexity index is 1100. The number of aliphatic carboxylic acids is 1. The number of benzene rings is 2. The van der Waals surface area contributed by atoms with E-state index in [2.05, 4.69) is 5.32 Å². The van der Waals surface area contributed by atoms with Crippen LogP contribution in [-0.4, -0.2) is 32.7 Å². The fourth-order valence-corrected chi connectivity index (χ4v) is 3.08. The number of hydrogen-bond donors (Lipinski definition) is 2. The van der Waals surface area contributed by atoms with Crippen LogP contribution in [0.3, 0.4) is 0 Å². The molecule has 1 heterocycles. The second-order valence-electron chi connectivity index (χ2n) is 6.31. The van der Waals surface area contributed by atoms with Gasteiger partial charge in [-0.05, 0) is 49.7 Å². The zero-order valence-electron chi connectivity index (χ0n) is 15.6. The minimum Gasteiger partial charge on any atom is -0.482 e. The summed E-state index contributed by atoms with van der Waals surface area (Å²) >= 11 is 0. The molecule has 2 N–H and O–H groups in total. The van der Waals surface area contributed by atoms with Gasteiger partial charge in [-0.2, -0.15) is 0 Å². The summed E-state index contributed by atoms with van der Waals surface area (Å²) in [6.07, 6.45) is 0. The molecule has 8 heteroatoms. The SMILES string of the molecule is CCn1c(=O)n(CC(=O)Nc2ccc(OCC(=O)O)cc2C)c2ccccc21. The van der Waals surface area contributed by atoms with Gasteiger partial charge in [0.05, 0.1) is 11.0 Å². The van der Waals surface area contributed by atoms with Crippen LogP contribution >= 0.6 is 0 Å². The number of ether oxygens (including phenoxy) is 1. The maximum absolute atomic E-state index is 12.6. The number of para-hydroxylation sites is 2. The van der Waals surface area contributed by atoms with E-state index in [1.807, 2.05) is 31.2 Å². The Kier molecular flexibility index (Phi) is 5.49. The summed E-state index contributed by atoms with van der Waals surface area (Å²) in [5.41, 5.74) is 2.56. The van der Waals surface area contributed by atoms with Gasteiger partial charge in [-0.15, -0.1) is 0 Å². The maximum atomic E-state index is 12.6. The topological polar surface area (TPSA) is 103 Å². The molecule has 8 nitrogen and oxygen atoms in total. The molecule has 0 atom stereocenters. The normalized spacial score (nSPS) is 10.8. The molecule has 0 aliphatic rings. The minimum atomic E-state index is -1.06. The largest absolute Gasteiger partial charge is 0.482 e. The molecular weight excluding hydrogens is 362 g/mol. The number of carbonyl (C=O) groups excluding carboxylic acids is 1. The van der Waals surface area contributed by atoms with Crippen molar-refractivity contribution in [2.45, 2.75) is 26.9 Å². The summed E-state index contributed by atoms with van der Waals surface area (Å²) in [6, 6.07) is 12.2. The lowest BCUT2D eigenvalue weighted by Crippen LogP contribution is -2.29. The first-order valence-electron chi connectivity index (χ1n) is 8.84. The van der Waals surface area contributed by atoms with Gasteiger partial charge in [-0.25, -0.2) is 9.59 Å². The van der Waals surface area contributed by atoms with Crippen LogP contribution in [0, 0.1) is 6.92 Å². The van der Waals surface area contributed by atoms with Gasteiger partial charge in [0.25, 0.3) is 0 Å². The number of amides is 1. The molecule has 0 bridgehead atoms. The smallest absolute Gasteiger partial charge is 0.341 e. The number of aryl methyl sites for hydroxylation is 2. The Morgan fingerprint density at radius 1 is 1.11 bits per heavy atom. The lowest BCUT2D eigenvalue weighted by molar-refractivity contribution is -0.139. The van der Waals surface area contributed by atoms with Gasteiger partial charge in [-0.1, -0.05) is 12.1 Å². The molecule has 3 rings (SSSR count). The predicted molar refractivity (Wildman–Crippen MR) is 105 cm³/mol. The van der Waals surface area contributed by atoms with E-state index in [-0.39, 0.29) is 18.1 Å². The van der Waals surface area contributed by atoms with Gasteiger partial charge in [-0.3, -0.25) is 13.9 Å². The summed E-state index contributed by atoms with van der Waals surface area (Å²) in [5, 5.41) is 11.5. The highest BCUT2D eigenvalue weighted by Gasteiger charge is 2.15. The minimum absolute atomic E-state index is 0.108. The number of carbonyl (C=O) groups is 2. The van der Waals surface area contributed by atoms with Crippen LogP contribution in [0.2, 0.25) is 0 Å². The van der Waals surface area contributed by atoms with E-state index in [0.717, 1.165) is 11.1 Å². The van der Waals surface area contributed by atoms with E-state index < -0.39 is 12.6 Å². The monoisotopic (exact) mass is 383 g/mol. The molecular formula is C20H21N3O5. The van der Waals surface area contributed by atoms with Gasteiger partial charge in [0.15, 0.2) is 6.61 Å². The fourth-order valence-electron chi connectivity index (χ4n) is 3.08. The molecule has 0 unspecified atom stereocenters. The van der Waals surface area contributed by atoms with Crippen LogP contribution in [0.4, 0.5) is 5.69 Å². The summed E-state index contributed by atoms with van der Waals surface area (Å²) < 4.78 is 8.20. The van der Waals surface area contributed by atoms with Crippen molar-refractivity contribution in [3.05, 3.63) is 58.5 Å². The Balaban J connectivity index is 1.78.